The Labute approximate surface area is 69.5 Å². The third-order valence-electron chi connectivity index (χ3n) is 1.81. The molecule has 1 atom stereocenters. The van der Waals surface area contributed by atoms with Crippen LogP contribution in [0.2, 0.25) is 11.1 Å². The lowest BCUT2D eigenvalue weighted by Gasteiger charge is -2.32. The highest BCUT2D eigenvalue weighted by atomic mass is 28.4. The maximum absolute atomic E-state index is 9.64. The van der Waals surface area contributed by atoms with E-state index in [1.165, 1.54) is 0 Å². The van der Waals surface area contributed by atoms with Gasteiger partial charge in [0.25, 0.3) is 0 Å². The predicted octanol–water partition coefficient (Wildman–Crippen LogP) is 0.560. The SMILES string of the molecule is CC(N)C[Si](O)(O)C(C)(C)C. The van der Waals surface area contributed by atoms with Crippen LogP contribution in [0.3, 0.4) is 0 Å². The average Bonchev–Trinajstić information content (AvgIpc) is 1.56. The molecule has 0 aliphatic carbocycles. The lowest BCUT2D eigenvalue weighted by molar-refractivity contribution is 0.309. The molecule has 0 amide bonds. The van der Waals surface area contributed by atoms with E-state index in [9.17, 15) is 9.59 Å². The van der Waals surface area contributed by atoms with Crippen molar-refractivity contribution in [2.75, 3.05) is 0 Å². The van der Waals surface area contributed by atoms with Gasteiger partial charge in [-0.25, -0.2) is 0 Å². The fraction of sp³-hybridized carbons (Fsp3) is 1.00. The summed E-state index contributed by atoms with van der Waals surface area (Å²) in [6, 6.07) is 0.215. The van der Waals surface area contributed by atoms with Crippen LogP contribution in [0.1, 0.15) is 27.7 Å². The zero-order valence-corrected chi connectivity index (χ0v) is 8.76. The lowest BCUT2D eigenvalue weighted by Crippen LogP contribution is -2.48. The predicted molar refractivity (Wildman–Crippen MR) is 48.4 cm³/mol. The Kier molecular flexibility index (Phi) is 3.25. The van der Waals surface area contributed by atoms with Crippen LogP contribution in [-0.4, -0.2) is 24.2 Å². The summed E-state index contributed by atoms with van der Waals surface area (Å²) >= 11 is 0. The van der Waals surface area contributed by atoms with Crippen LogP contribution in [0.15, 0.2) is 0 Å². The van der Waals surface area contributed by atoms with Gasteiger partial charge in [-0.15, -0.1) is 0 Å². The van der Waals surface area contributed by atoms with Crippen molar-refractivity contribution < 1.29 is 9.59 Å². The summed E-state index contributed by atoms with van der Waals surface area (Å²) in [4.78, 5) is 19.3. The molecule has 0 rings (SSSR count). The Morgan fingerprint density at radius 2 is 1.73 bits per heavy atom. The second-order valence-corrected chi connectivity index (χ2v) is 7.79. The molecule has 0 fully saturated rings. The Hall–Kier alpha value is 0.0969. The maximum Gasteiger partial charge on any atom is 0.339 e. The van der Waals surface area contributed by atoms with E-state index in [0.717, 1.165) is 0 Å². The molecule has 0 aromatic carbocycles. The van der Waals surface area contributed by atoms with Crippen molar-refractivity contribution in [2.24, 2.45) is 5.73 Å². The van der Waals surface area contributed by atoms with Gasteiger partial charge >= 0.3 is 8.56 Å². The van der Waals surface area contributed by atoms with Gasteiger partial charge in [-0.05, 0) is 0 Å². The van der Waals surface area contributed by atoms with Crippen molar-refractivity contribution in [3.8, 4) is 0 Å². The van der Waals surface area contributed by atoms with Crippen molar-refractivity contribution in [1.29, 1.82) is 0 Å². The molecule has 0 aliphatic heterocycles. The van der Waals surface area contributed by atoms with Gasteiger partial charge in [0.1, 0.15) is 0 Å². The van der Waals surface area contributed by atoms with Crippen molar-refractivity contribution >= 4 is 8.56 Å². The summed E-state index contributed by atoms with van der Waals surface area (Å²) in [7, 11) is -3.09. The van der Waals surface area contributed by atoms with Crippen molar-refractivity contribution in [2.45, 2.75) is 44.8 Å². The third kappa shape index (κ3) is 3.33. The minimum Gasteiger partial charge on any atom is -0.410 e. The molecule has 0 heterocycles. The molecule has 4 N–H and O–H groups in total. The molecule has 0 aromatic heterocycles. The molecule has 0 bridgehead atoms. The fourth-order valence-electron chi connectivity index (χ4n) is 0.755. The topological polar surface area (TPSA) is 66.5 Å². The normalized spacial score (nSPS) is 16.6. The molecular formula is C7H19NO2Si. The van der Waals surface area contributed by atoms with Gasteiger partial charge in [0, 0.05) is 17.1 Å². The minimum atomic E-state index is -3.09. The first-order valence-corrected chi connectivity index (χ1v) is 5.97. The summed E-state index contributed by atoms with van der Waals surface area (Å²) in [5.41, 5.74) is 5.49. The van der Waals surface area contributed by atoms with E-state index >= 15 is 0 Å². The fourth-order valence-corrected chi connectivity index (χ4v) is 2.27. The average molecular weight is 177 g/mol. The molecule has 0 spiro atoms. The van der Waals surface area contributed by atoms with Gasteiger partial charge in [-0.1, -0.05) is 27.7 Å². The van der Waals surface area contributed by atoms with Crippen LogP contribution in [0, 0.1) is 0 Å². The van der Waals surface area contributed by atoms with Crippen LogP contribution in [0.5, 0.6) is 0 Å². The molecular weight excluding hydrogens is 158 g/mol. The summed E-state index contributed by atoms with van der Waals surface area (Å²) in [5, 5.41) is -0.402. The largest absolute Gasteiger partial charge is 0.410 e. The molecule has 4 heteroatoms. The number of hydrogen-bond acceptors (Lipinski definition) is 3. The first kappa shape index (κ1) is 11.1. The van der Waals surface area contributed by atoms with Gasteiger partial charge < -0.3 is 15.3 Å². The Bertz CT molecular complexity index is 129. The molecule has 0 aliphatic rings. The van der Waals surface area contributed by atoms with Crippen molar-refractivity contribution in [1.82, 2.24) is 0 Å². The quantitative estimate of drug-likeness (QED) is 0.540. The zero-order chi connectivity index (χ0) is 9.28. The van der Waals surface area contributed by atoms with Crippen molar-refractivity contribution in [3.63, 3.8) is 0 Å². The molecule has 68 valence electrons. The standard InChI is InChI=1S/C7H19NO2Si/c1-6(8)5-11(9,10)7(2,3)4/h6,9-10H,5,8H2,1-4H3. The van der Waals surface area contributed by atoms with E-state index in [4.69, 9.17) is 5.73 Å². The van der Waals surface area contributed by atoms with Gasteiger partial charge in [0.2, 0.25) is 0 Å². The number of rotatable bonds is 2. The third-order valence-corrected chi connectivity index (χ3v) is 5.42. The monoisotopic (exact) mass is 177 g/mol. The summed E-state index contributed by atoms with van der Waals surface area (Å²) in [5.74, 6) is 0. The van der Waals surface area contributed by atoms with Crippen LogP contribution in [0.25, 0.3) is 0 Å². The Morgan fingerprint density at radius 1 is 1.36 bits per heavy atom. The van der Waals surface area contributed by atoms with Crippen LogP contribution < -0.4 is 5.73 Å². The van der Waals surface area contributed by atoms with E-state index in [0.29, 0.717) is 6.04 Å². The first-order valence-electron chi connectivity index (χ1n) is 3.87. The Morgan fingerprint density at radius 3 is 1.82 bits per heavy atom. The molecule has 3 nitrogen and oxygen atoms in total. The maximum atomic E-state index is 9.64. The van der Waals surface area contributed by atoms with Gasteiger partial charge in [0.15, 0.2) is 0 Å². The highest BCUT2D eigenvalue weighted by molar-refractivity contribution is 6.67. The van der Waals surface area contributed by atoms with Crippen molar-refractivity contribution in [3.05, 3.63) is 0 Å². The van der Waals surface area contributed by atoms with Crippen LogP contribution in [0.4, 0.5) is 0 Å². The van der Waals surface area contributed by atoms with Gasteiger partial charge in [-0.3, -0.25) is 0 Å². The summed E-state index contributed by atoms with van der Waals surface area (Å²) < 4.78 is 0. The van der Waals surface area contributed by atoms with Gasteiger partial charge in [-0.2, -0.15) is 0 Å². The lowest BCUT2D eigenvalue weighted by atomic mass is 10.2. The highest BCUT2D eigenvalue weighted by Gasteiger charge is 2.43. The van der Waals surface area contributed by atoms with E-state index in [1.54, 1.807) is 6.92 Å². The molecule has 1 unspecified atom stereocenters. The summed E-state index contributed by atoms with van der Waals surface area (Å²) in [6.45, 7) is 7.30. The second-order valence-electron chi connectivity index (χ2n) is 4.25. The molecule has 0 radical (unpaired) electrons. The van der Waals surface area contributed by atoms with Crippen LogP contribution in [-0.2, 0) is 0 Å². The molecule has 11 heavy (non-hydrogen) atoms. The molecule has 0 saturated carbocycles. The number of hydrogen-bond donors (Lipinski definition) is 3. The second kappa shape index (κ2) is 3.22. The van der Waals surface area contributed by atoms with E-state index in [-0.39, 0.29) is 6.04 Å². The van der Waals surface area contributed by atoms with Gasteiger partial charge in [0.05, 0.1) is 0 Å². The molecule has 0 aromatic rings. The highest BCUT2D eigenvalue weighted by Crippen LogP contribution is 2.34. The minimum absolute atomic E-state index is 0.129. The smallest absolute Gasteiger partial charge is 0.339 e. The van der Waals surface area contributed by atoms with E-state index in [2.05, 4.69) is 0 Å². The van der Waals surface area contributed by atoms with E-state index in [1.807, 2.05) is 20.8 Å². The first-order chi connectivity index (χ1) is 4.67. The molecule has 0 saturated heterocycles. The summed E-state index contributed by atoms with van der Waals surface area (Å²) in [6.07, 6.45) is 0. The number of nitrogens with two attached hydrogens (primary N) is 1. The Balaban J connectivity index is 4.22. The van der Waals surface area contributed by atoms with E-state index < -0.39 is 13.6 Å². The van der Waals surface area contributed by atoms with Crippen LogP contribution >= 0.6 is 0 Å². The zero-order valence-electron chi connectivity index (χ0n) is 7.76.